The molecule has 0 aliphatic carbocycles. The summed E-state index contributed by atoms with van der Waals surface area (Å²) in [7, 11) is -4.08. The number of halogens is 3. The highest BCUT2D eigenvalue weighted by atomic mass is 35.5. The summed E-state index contributed by atoms with van der Waals surface area (Å²) in [5, 5.41) is 9.60. The summed E-state index contributed by atoms with van der Waals surface area (Å²) in [6.07, 6.45) is 1.13. The van der Waals surface area contributed by atoms with Gasteiger partial charge in [-0.2, -0.15) is 5.26 Å². The van der Waals surface area contributed by atoms with E-state index < -0.39 is 15.7 Å². The van der Waals surface area contributed by atoms with Crippen molar-refractivity contribution in [2.45, 2.75) is 9.79 Å². The zero-order valence-corrected chi connectivity index (χ0v) is 14.1. The van der Waals surface area contributed by atoms with E-state index in [1.807, 2.05) is 0 Å². The van der Waals surface area contributed by atoms with Crippen LogP contribution in [0.15, 0.2) is 52.4 Å². The SMILES string of the molecule is N#Cc1cc(S(=O)(=O)c2cnc3ccc(Cl)cc3c2Cl)ccc1F. The van der Waals surface area contributed by atoms with Crippen LogP contribution in [0.1, 0.15) is 5.56 Å². The fourth-order valence-corrected chi connectivity index (χ4v) is 4.17. The molecule has 2 aromatic carbocycles. The van der Waals surface area contributed by atoms with Crippen LogP contribution in [0.3, 0.4) is 0 Å². The van der Waals surface area contributed by atoms with Gasteiger partial charge in [-0.25, -0.2) is 12.8 Å². The van der Waals surface area contributed by atoms with E-state index >= 15 is 0 Å². The number of aromatic nitrogens is 1. The van der Waals surface area contributed by atoms with Gasteiger partial charge in [0.15, 0.2) is 0 Å². The molecule has 0 radical (unpaired) electrons. The number of pyridine rings is 1. The van der Waals surface area contributed by atoms with Crippen LogP contribution in [0.5, 0.6) is 0 Å². The molecule has 120 valence electrons. The lowest BCUT2D eigenvalue weighted by molar-refractivity contribution is 0.594. The molecule has 0 fully saturated rings. The fraction of sp³-hybridized carbons (Fsp3) is 0. The summed E-state index contributed by atoms with van der Waals surface area (Å²) >= 11 is 12.2. The highest BCUT2D eigenvalue weighted by molar-refractivity contribution is 7.91. The molecule has 4 nitrogen and oxygen atoms in total. The highest BCUT2D eigenvalue weighted by Gasteiger charge is 2.24. The Morgan fingerprint density at radius 1 is 1.12 bits per heavy atom. The molecule has 0 unspecified atom stereocenters. The van der Waals surface area contributed by atoms with Gasteiger partial charge in [-0.3, -0.25) is 4.98 Å². The lowest BCUT2D eigenvalue weighted by atomic mass is 10.2. The maximum absolute atomic E-state index is 13.4. The first-order valence-corrected chi connectivity index (χ1v) is 8.77. The summed E-state index contributed by atoms with van der Waals surface area (Å²) in [6.45, 7) is 0. The Kier molecular flexibility index (Phi) is 4.18. The van der Waals surface area contributed by atoms with Crippen LogP contribution >= 0.6 is 23.2 Å². The van der Waals surface area contributed by atoms with Gasteiger partial charge >= 0.3 is 0 Å². The second kappa shape index (κ2) is 6.02. The molecule has 8 heteroatoms. The lowest BCUT2D eigenvalue weighted by Gasteiger charge is -2.09. The molecule has 0 spiro atoms. The molecule has 3 rings (SSSR count). The van der Waals surface area contributed by atoms with E-state index in [2.05, 4.69) is 4.98 Å². The number of benzene rings is 2. The van der Waals surface area contributed by atoms with E-state index in [9.17, 15) is 12.8 Å². The summed E-state index contributed by atoms with van der Waals surface area (Å²) < 4.78 is 39.0. The molecule has 0 saturated carbocycles. The Balaban J connectivity index is 2.26. The zero-order valence-electron chi connectivity index (χ0n) is 11.8. The molecular formula is C16H7Cl2FN2O2S. The predicted molar refractivity (Wildman–Crippen MR) is 88.3 cm³/mol. The summed E-state index contributed by atoms with van der Waals surface area (Å²) in [5.41, 5.74) is 0.115. The van der Waals surface area contributed by atoms with E-state index in [4.69, 9.17) is 28.5 Å². The third kappa shape index (κ3) is 2.71. The van der Waals surface area contributed by atoms with E-state index in [0.717, 1.165) is 24.4 Å². The second-order valence-electron chi connectivity index (χ2n) is 4.85. The molecule has 24 heavy (non-hydrogen) atoms. The van der Waals surface area contributed by atoms with Gasteiger partial charge in [-0.1, -0.05) is 23.2 Å². The minimum Gasteiger partial charge on any atom is -0.255 e. The minimum atomic E-state index is -4.08. The first kappa shape index (κ1) is 16.7. The van der Waals surface area contributed by atoms with E-state index in [0.29, 0.717) is 15.9 Å². The fourth-order valence-electron chi connectivity index (χ4n) is 2.19. The number of sulfone groups is 1. The Bertz CT molecular complexity index is 1120. The number of hydrogen-bond acceptors (Lipinski definition) is 4. The van der Waals surface area contributed by atoms with Gasteiger partial charge < -0.3 is 0 Å². The van der Waals surface area contributed by atoms with Crippen molar-refractivity contribution in [3.63, 3.8) is 0 Å². The smallest absolute Gasteiger partial charge is 0.209 e. The Hall–Kier alpha value is -2.20. The molecule has 0 amide bonds. The van der Waals surface area contributed by atoms with Crippen molar-refractivity contribution in [1.82, 2.24) is 4.98 Å². The van der Waals surface area contributed by atoms with Crippen molar-refractivity contribution in [1.29, 1.82) is 5.26 Å². The van der Waals surface area contributed by atoms with E-state index in [-0.39, 0.29) is 20.4 Å². The van der Waals surface area contributed by atoms with E-state index in [1.165, 1.54) is 6.07 Å². The Morgan fingerprint density at radius 2 is 1.88 bits per heavy atom. The van der Waals surface area contributed by atoms with Crippen LogP contribution in [-0.2, 0) is 9.84 Å². The second-order valence-corrected chi connectivity index (χ2v) is 7.59. The van der Waals surface area contributed by atoms with Crippen LogP contribution < -0.4 is 0 Å². The third-order valence-electron chi connectivity index (χ3n) is 3.39. The molecule has 0 bridgehead atoms. The molecule has 0 aliphatic heterocycles. The number of nitrogens with zero attached hydrogens (tertiary/aromatic N) is 2. The van der Waals surface area contributed by atoms with Gasteiger partial charge in [-0.05, 0) is 36.4 Å². The van der Waals surface area contributed by atoms with Crippen LogP contribution in [0.25, 0.3) is 10.9 Å². The summed E-state index contributed by atoms with van der Waals surface area (Å²) in [4.78, 5) is 3.59. The van der Waals surface area contributed by atoms with Crippen molar-refractivity contribution < 1.29 is 12.8 Å². The van der Waals surface area contributed by atoms with Crippen molar-refractivity contribution in [3.05, 3.63) is 64.0 Å². The van der Waals surface area contributed by atoms with Crippen LogP contribution in [0.4, 0.5) is 4.39 Å². The largest absolute Gasteiger partial charge is 0.255 e. The van der Waals surface area contributed by atoms with Crippen LogP contribution in [-0.4, -0.2) is 13.4 Å². The number of fused-ring (bicyclic) bond motifs is 1. The molecule has 1 aromatic heterocycles. The summed E-state index contributed by atoms with van der Waals surface area (Å²) in [6, 6.07) is 9.30. The number of hydrogen-bond donors (Lipinski definition) is 0. The molecule has 0 atom stereocenters. The zero-order chi connectivity index (χ0) is 17.5. The van der Waals surface area contributed by atoms with Crippen LogP contribution in [0.2, 0.25) is 10.0 Å². The normalized spacial score (nSPS) is 11.4. The van der Waals surface area contributed by atoms with Crippen LogP contribution in [0, 0.1) is 17.1 Å². The molecule has 1 heterocycles. The van der Waals surface area contributed by atoms with E-state index in [1.54, 1.807) is 18.2 Å². The summed E-state index contributed by atoms with van der Waals surface area (Å²) in [5.74, 6) is -0.800. The van der Waals surface area contributed by atoms with Gasteiger partial charge in [-0.15, -0.1) is 0 Å². The molecule has 0 N–H and O–H groups in total. The van der Waals surface area contributed by atoms with Crippen molar-refractivity contribution in [3.8, 4) is 6.07 Å². The monoisotopic (exact) mass is 380 g/mol. The van der Waals surface area contributed by atoms with Gasteiger partial charge in [0.25, 0.3) is 0 Å². The first-order chi connectivity index (χ1) is 11.3. The third-order valence-corrected chi connectivity index (χ3v) is 5.91. The maximum atomic E-state index is 13.4. The van der Waals surface area contributed by atoms with Crippen molar-refractivity contribution in [2.75, 3.05) is 0 Å². The molecule has 0 saturated heterocycles. The van der Waals surface area contributed by atoms with Crippen molar-refractivity contribution in [2.24, 2.45) is 0 Å². The quantitative estimate of drug-likeness (QED) is 0.618. The number of nitriles is 1. The molecular weight excluding hydrogens is 374 g/mol. The van der Waals surface area contributed by atoms with Gasteiger partial charge in [0.2, 0.25) is 9.84 Å². The molecule has 3 aromatic rings. The number of rotatable bonds is 2. The minimum absolute atomic E-state index is 0.0367. The first-order valence-electron chi connectivity index (χ1n) is 6.53. The molecule has 0 aliphatic rings. The van der Waals surface area contributed by atoms with Crippen molar-refractivity contribution >= 4 is 43.9 Å². The lowest BCUT2D eigenvalue weighted by Crippen LogP contribution is -2.05. The maximum Gasteiger partial charge on any atom is 0.209 e. The van der Waals surface area contributed by atoms with Gasteiger partial charge in [0, 0.05) is 16.6 Å². The average molecular weight is 381 g/mol. The topological polar surface area (TPSA) is 70.8 Å². The van der Waals surface area contributed by atoms with Gasteiger partial charge in [0.05, 0.1) is 21.0 Å². The standard InChI is InChI=1S/C16H7Cl2FN2O2S/c17-10-1-4-14-12(6-10)16(18)15(8-21-14)24(22,23)11-2-3-13(19)9(5-11)7-20/h1-6,8H. The highest BCUT2D eigenvalue weighted by Crippen LogP contribution is 2.34. The average Bonchev–Trinajstić information content (AvgIpc) is 2.55. The predicted octanol–water partition coefficient (Wildman–Crippen LogP) is 4.39. The Labute approximate surface area is 147 Å². The Morgan fingerprint density at radius 3 is 2.58 bits per heavy atom. The van der Waals surface area contributed by atoms with Gasteiger partial charge in [0.1, 0.15) is 16.8 Å².